The molecule has 0 spiro atoms. The van der Waals surface area contributed by atoms with Crippen LogP contribution in [-0.2, 0) is 0 Å². The van der Waals surface area contributed by atoms with E-state index in [2.05, 4.69) is 36.1 Å². The van der Waals surface area contributed by atoms with E-state index < -0.39 is 0 Å². The second kappa shape index (κ2) is 6.16. The SMILES string of the molecule is CCCC1=CC(C(C=NC)=CN)=CN(C)C1. The highest BCUT2D eigenvalue weighted by Crippen LogP contribution is 2.20. The maximum atomic E-state index is 5.61. The molecule has 1 aliphatic rings. The molecule has 0 amide bonds. The third-order valence-electron chi connectivity index (χ3n) is 2.52. The summed E-state index contributed by atoms with van der Waals surface area (Å²) in [4.78, 5) is 6.20. The molecule has 16 heavy (non-hydrogen) atoms. The first-order valence-electron chi connectivity index (χ1n) is 5.67. The summed E-state index contributed by atoms with van der Waals surface area (Å²) in [7, 11) is 3.84. The number of nitrogens with two attached hydrogens (primary N) is 1. The van der Waals surface area contributed by atoms with Crippen LogP contribution in [0.4, 0.5) is 0 Å². The van der Waals surface area contributed by atoms with Crippen molar-refractivity contribution in [3.8, 4) is 0 Å². The number of hydrogen-bond donors (Lipinski definition) is 1. The van der Waals surface area contributed by atoms with Crippen LogP contribution in [-0.4, -0.2) is 31.8 Å². The first-order valence-corrected chi connectivity index (χ1v) is 5.67. The summed E-state index contributed by atoms with van der Waals surface area (Å²) < 4.78 is 0. The van der Waals surface area contributed by atoms with Gasteiger partial charge in [0.1, 0.15) is 0 Å². The van der Waals surface area contributed by atoms with Crippen molar-refractivity contribution in [3.63, 3.8) is 0 Å². The number of aliphatic imine (C=N–C) groups is 1. The van der Waals surface area contributed by atoms with Gasteiger partial charge in [0.15, 0.2) is 0 Å². The molecule has 0 saturated carbocycles. The average molecular weight is 219 g/mol. The van der Waals surface area contributed by atoms with Gasteiger partial charge in [-0.05, 0) is 6.42 Å². The number of hydrogen-bond acceptors (Lipinski definition) is 3. The van der Waals surface area contributed by atoms with Crippen molar-refractivity contribution in [2.75, 3.05) is 20.6 Å². The molecule has 0 aromatic heterocycles. The summed E-state index contributed by atoms with van der Waals surface area (Å²) in [6.45, 7) is 3.21. The zero-order valence-electron chi connectivity index (χ0n) is 10.4. The van der Waals surface area contributed by atoms with Gasteiger partial charge < -0.3 is 10.6 Å². The van der Waals surface area contributed by atoms with Crippen LogP contribution in [0.1, 0.15) is 19.8 Å². The van der Waals surface area contributed by atoms with E-state index in [1.165, 1.54) is 12.0 Å². The molecular weight excluding hydrogens is 198 g/mol. The van der Waals surface area contributed by atoms with Crippen molar-refractivity contribution in [1.29, 1.82) is 0 Å². The van der Waals surface area contributed by atoms with Crippen LogP contribution in [0.15, 0.2) is 40.2 Å². The summed E-state index contributed by atoms with van der Waals surface area (Å²) in [6, 6.07) is 0. The smallest absolute Gasteiger partial charge is 0.0383 e. The lowest BCUT2D eigenvalue weighted by Gasteiger charge is -2.23. The van der Waals surface area contributed by atoms with Gasteiger partial charge in [-0.15, -0.1) is 0 Å². The molecule has 0 aromatic rings. The van der Waals surface area contributed by atoms with E-state index in [-0.39, 0.29) is 0 Å². The zero-order valence-corrected chi connectivity index (χ0v) is 10.4. The van der Waals surface area contributed by atoms with Crippen molar-refractivity contribution >= 4 is 6.21 Å². The minimum atomic E-state index is 0.975. The van der Waals surface area contributed by atoms with Crippen LogP contribution in [0, 0.1) is 0 Å². The fourth-order valence-electron chi connectivity index (χ4n) is 1.89. The Labute approximate surface area is 98.0 Å². The minimum absolute atomic E-state index is 0.975. The Morgan fingerprint density at radius 3 is 2.94 bits per heavy atom. The topological polar surface area (TPSA) is 41.6 Å². The summed E-state index contributed by atoms with van der Waals surface area (Å²) in [5, 5.41) is 0. The summed E-state index contributed by atoms with van der Waals surface area (Å²) in [6.07, 6.45) is 10.1. The van der Waals surface area contributed by atoms with Gasteiger partial charge in [0.25, 0.3) is 0 Å². The highest BCUT2D eigenvalue weighted by molar-refractivity contribution is 5.85. The molecular formula is C13H21N3. The van der Waals surface area contributed by atoms with Gasteiger partial charge in [-0.2, -0.15) is 0 Å². The largest absolute Gasteiger partial charge is 0.404 e. The summed E-state index contributed by atoms with van der Waals surface area (Å²) >= 11 is 0. The molecule has 2 N–H and O–H groups in total. The van der Waals surface area contributed by atoms with Crippen LogP contribution in [0.25, 0.3) is 0 Å². The minimum Gasteiger partial charge on any atom is -0.404 e. The standard InChI is InChI=1S/C13H21N3/c1-4-5-11-6-12(10-16(3)9-11)13(7-14)8-15-2/h6-8,10H,4-5,9,14H2,1-3H3. The molecule has 0 aromatic carbocycles. The second-order valence-electron chi connectivity index (χ2n) is 4.06. The van der Waals surface area contributed by atoms with E-state index >= 15 is 0 Å². The molecule has 0 fully saturated rings. The third kappa shape index (κ3) is 3.26. The lowest BCUT2D eigenvalue weighted by Crippen LogP contribution is -2.19. The van der Waals surface area contributed by atoms with Gasteiger partial charge in [-0.3, -0.25) is 4.99 Å². The van der Waals surface area contributed by atoms with Crippen LogP contribution < -0.4 is 5.73 Å². The highest BCUT2D eigenvalue weighted by atomic mass is 15.1. The third-order valence-corrected chi connectivity index (χ3v) is 2.52. The lowest BCUT2D eigenvalue weighted by atomic mass is 9.99. The van der Waals surface area contributed by atoms with Gasteiger partial charge in [0.2, 0.25) is 0 Å². The lowest BCUT2D eigenvalue weighted by molar-refractivity contribution is 0.478. The maximum Gasteiger partial charge on any atom is 0.0383 e. The molecule has 88 valence electrons. The molecule has 3 nitrogen and oxygen atoms in total. The molecule has 1 aliphatic heterocycles. The van der Waals surface area contributed by atoms with Crippen LogP contribution in [0.3, 0.4) is 0 Å². The zero-order chi connectivity index (χ0) is 12.0. The fourth-order valence-corrected chi connectivity index (χ4v) is 1.89. The summed E-state index contributed by atoms with van der Waals surface area (Å²) in [5.41, 5.74) is 9.18. The maximum absolute atomic E-state index is 5.61. The van der Waals surface area contributed by atoms with Crippen LogP contribution >= 0.6 is 0 Å². The normalized spacial score (nSPS) is 17.7. The Morgan fingerprint density at radius 1 is 1.62 bits per heavy atom. The molecule has 0 bridgehead atoms. The van der Waals surface area contributed by atoms with E-state index in [1.807, 2.05) is 0 Å². The first kappa shape index (κ1) is 12.6. The van der Waals surface area contributed by atoms with E-state index in [9.17, 15) is 0 Å². The Morgan fingerprint density at radius 2 is 2.38 bits per heavy atom. The molecule has 0 unspecified atom stereocenters. The molecule has 1 heterocycles. The predicted molar refractivity (Wildman–Crippen MR) is 70.4 cm³/mol. The Balaban J connectivity index is 2.93. The predicted octanol–water partition coefficient (Wildman–Crippen LogP) is 2.09. The molecule has 0 radical (unpaired) electrons. The second-order valence-corrected chi connectivity index (χ2v) is 4.06. The van der Waals surface area contributed by atoms with Crippen LogP contribution in [0.5, 0.6) is 0 Å². The van der Waals surface area contributed by atoms with Crippen LogP contribution in [0.2, 0.25) is 0 Å². The van der Waals surface area contributed by atoms with E-state index in [4.69, 9.17) is 5.73 Å². The van der Waals surface area contributed by atoms with Crippen molar-refractivity contribution < 1.29 is 0 Å². The number of likely N-dealkylation sites (N-methyl/N-ethyl adjacent to an activating group) is 1. The van der Waals surface area contributed by atoms with Crippen molar-refractivity contribution in [1.82, 2.24) is 4.90 Å². The van der Waals surface area contributed by atoms with E-state index in [0.717, 1.165) is 24.1 Å². The molecule has 3 heteroatoms. The highest BCUT2D eigenvalue weighted by Gasteiger charge is 2.10. The average Bonchev–Trinajstić information content (AvgIpc) is 2.25. The molecule has 0 aliphatic carbocycles. The fraction of sp³-hybridized carbons (Fsp3) is 0.462. The molecule has 1 rings (SSSR count). The number of nitrogens with zero attached hydrogens (tertiary/aromatic N) is 2. The van der Waals surface area contributed by atoms with Gasteiger partial charge in [-0.25, -0.2) is 0 Å². The Bertz CT molecular complexity index is 348. The number of allylic oxidation sites excluding steroid dienone is 3. The van der Waals surface area contributed by atoms with Crippen molar-refractivity contribution in [2.45, 2.75) is 19.8 Å². The first-order chi connectivity index (χ1) is 7.71. The van der Waals surface area contributed by atoms with Gasteiger partial charge >= 0.3 is 0 Å². The van der Waals surface area contributed by atoms with Crippen molar-refractivity contribution in [2.24, 2.45) is 10.7 Å². The van der Waals surface area contributed by atoms with E-state index in [0.29, 0.717) is 0 Å². The van der Waals surface area contributed by atoms with Gasteiger partial charge in [0.05, 0.1) is 0 Å². The number of rotatable bonds is 4. The van der Waals surface area contributed by atoms with Gasteiger partial charge in [0, 0.05) is 50.4 Å². The van der Waals surface area contributed by atoms with E-state index in [1.54, 1.807) is 19.5 Å². The summed E-state index contributed by atoms with van der Waals surface area (Å²) in [5.74, 6) is 0. The quantitative estimate of drug-likeness (QED) is 0.736. The Hall–Kier alpha value is -1.51. The monoisotopic (exact) mass is 219 g/mol. The van der Waals surface area contributed by atoms with Crippen molar-refractivity contribution in [3.05, 3.63) is 35.2 Å². The molecule has 0 saturated heterocycles. The van der Waals surface area contributed by atoms with Gasteiger partial charge in [-0.1, -0.05) is 25.0 Å². The Kier molecular flexibility index (Phi) is 4.83. The molecule has 0 atom stereocenters.